The number of nitrogens with one attached hydrogen (secondary N) is 1. The Labute approximate surface area is 178 Å². The quantitative estimate of drug-likeness (QED) is 0.623. The van der Waals surface area contributed by atoms with Crippen molar-refractivity contribution in [3.63, 3.8) is 0 Å². The minimum Gasteiger partial charge on any atom is -0.497 e. The monoisotopic (exact) mass is 403 g/mol. The number of rotatable bonds is 7. The Morgan fingerprint density at radius 3 is 2.07 bits per heavy atom. The van der Waals surface area contributed by atoms with Crippen molar-refractivity contribution >= 4 is 0 Å². The number of ether oxygens (including phenoxy) is 2. The highest BCUT2D eigenvalue weighted by molar-refractivity contribution is 5.34. The molecule has 0 aliphatic carbocycles. The predicted molar refractivity (Wildman–Crippen MR) is 119 cm³/mol. The van der Waals surface area contributed by atoms with Gasteiger partial charge in [0.05, 0.1) is 32.0 Å². The molecule has 1 aliphatic rings. The molecule has 3 atom stereocenters. The van der Waals surface area contributed by atoms with Crippen molar-refractivity contribution in [1.29, 1.82) is 0 Å². The summed E-state index contributed by atoms with van der Waals surface area (Å²) in [5, 5.41) is 14.3. The van der Waals surface area contributed by atoms with E-state index in [1.807, 2.05) is 36.4 Å². The van der Waals surface area contributed by atoms with E-state index in [0.29, 0.717) is 19.6 Å². The highest BCUT2D eigenvalue weighted by Gasteiger charge is 2.35. The Hall–Kier alpha value is -2.66. The fraction of sp³-hybridized carbons (Fsp3) is 0.308. The second-order valence-corrected chi connectivity index (χ2v) is 7.81. The summed E-state index contributed by atoms with van der Waals surface area (Å²) < 4.78 is 11.5. The van der Waals surface area contributed by atoms with Gasteiger partial charge in [-0.3, -0.25) is 0 Å². The molecule has 1 heterocycles. The van der Waals surface area contributed by atoms with Crippen LogP contribution in [0.4, 0.5) is 0 Å². The van der Waals surface area contributed by atoms with Crippen molar-refractivity contribution in [3.05, 3.63) is 102 Å². The fourth-order valence-electron chi connectivity index (χ4n) is 4.17. The molecule has 2 N–H and O–H groups in total. The van der Waals surface area contributed by atoms with Crippen LogP contribution in [-0.4, -0.2) is 37.1 Å². The summed E-state index contributed by atoms with van der Waals surface area (Å²) in [6.45, 7) is 1.17. The summed E-state index contributed by atoms with van der Waals surface area (Å²) in [6.07, 6.45) is 0.0649. The largest absolute Gasteiger partial charge is 0.497 e. The lowest BCUT2D eigenvalue weighted by molar-refractivity contribution is -0.0718. The van der Waals surface area contributed by atoms with Crippen LogP contribution in [0.3, 0.4) is 0 Å². The topological polar surface area (TPSA) is 50.7 Å². The molecule has 4 heteroatoms. The van der Waals surface area contributed by atoms with Gasteiger partial charge in [-0.05, 0) is 28.8 Å². The van der Waals surface area contributed by atoms with Crippen LogP contribution in [0.15, 0.2) is 84.9 Å². The zero-order chi connectivity index (χ0) is 20.8. The van der Waals surface area contributed by atoms with E-state index in [0.717, 1.165) is 11.3 Å². The number of benzene rings is 3. The molecule has 156 valence electrons. The number of methoxy groups -OCH3 is 1. The van der Waals surface area contributed by atoms with Gasteiger partial charge in [0.15, 0.2) is 0 Å². The number of aliphatic hydroxyl groups is 1. The van der Waals surface area contributed by atoms with Crippen molar-refractivity contribution in [3.8, 4) is 5.75 Å². The third-order valence-corrected chi connectivity index (χ3v) is 5.84. The van der Waals surface area contributed by atoms with Crippen LogP contribution < -0.4 is 10.1 Å². The molecule has 3 aromatic carbocycles. The summed E-state index contributed by atoms with van der Waals surface area (Å²) in [7, 11) is 1.66. The first-order valence-corrected chi connectivity index (χ1v) is 10.5. The fourth-order valence-corrected chi connectivity index (χ4v) is 4.17. The first kappa shape index (κ1) is 20.6. The number of hydrogen-bond acceptors (Lipinski definition) is 4. The second kappa shape index (κ2) is 9.90. The zero-order valence-electron chi connectivity index (χ0n) is 17.3. The third kappa shape index (κ3) is 4.90. The molecule has 1 unspecified atom stereocenters. The molecule has 0 saturated carbocycles. The molecule has 1 aliphatic heterocycles. The van der Waals surface area contributed by atoms with E-state index in [-0.39, 0.29) is 18.1 Å². The Morgan fingerprint density at radius 1 is 0.933 bits per heavy atom. The summed E-state index contributed by atoms with van der Waals surface area (Å²) in [4.78, 5) is 0. The molecule has 4 nitrogen and oxygen atoms in total. The summed E-state index contributed by atoms with van der Waals surface area (Å²) in [5.41, 5.74) is 3.58. The van der Waals surface area contributed by atoms with E-state index in [9.17, 15) is 5.11 Å². The minimum atomic E-state index is -0.461. The van der Waals surface area contributed by atoms with Crippen LogP contribution in [0.1, 0.15) is 29.0 Å². The van der Waals surface area contributed by atoms with Crippen molar-refractivity contribution in [1.82, 2.24) is 5.32 Å². The highest BCUT2D eigenvalue weighted by Crippen LogP contribution is 2.34. The van der Waals surface area contributed by atoms with Crippen molar-refractivity contribution < 1.29 is 14.6 Å². The molecule has 0 spiro atoms. The van der Waals surface area contributed by atoms with Crippen LogP contribution in [0.25, 0.3) is 0 Å². The van der Waals surface area contributed by atoms with Gasteiger partial charge in [-0.1, -0.05) is 72.8 Å². The molecule has 3 aromatic rings. The average molecular weight is 404 g/mol. The SMILES string of the molecule is COc1ccc(CN[C@H]2CO[C@@H](C(c3ccccc3)c3ccccc3)CC2O)cc1. The maximum absolute atomic E-state index is 10.9. The maximum Gasteiger partial charge on any atom is 0.118 e. The second-order valence-electron chi connectivity index (χ2n) is 7.81. The summed E-state index contributed by atoms with van der Waals surface area (Å²) >= 11 is 0. The molecule has 0 radical (unpaired) electrons. The normalized spacial score (nSPS) is 21.5. The molecule has 1 fully saturated rings. The van der Waals surface area contributed by atoms with E-state index in [4.69, 9.17) is 9.47 Å². The smallest absolute Gasteiger partial charge is 0.118 e. The lowest BCUT2D eigenvalue weighted by atomic mass is 9.82. The van der Waals surface area contributed by atoms with Gasteiger partial charge in [-0.2, -0.15) is 0 Å². The zero-order valence-corrected chi connectivity index (χ0v) is 17.3. The lowest BCUT2D eigenvalue weighted by Crippen LogP contribution is -2.50. The molecule has 1 saturated heterocycles. The average Bonchev–Trinajstić information content (AvgIpc) is 2.80. The van der Waals surface area contributed by atoms with E-state index >= 15 is 0 Å². The van der Waals surface area contributed by atoms with E-state index in [1.165, 1.54) is 11.1 Å². The summed E-state index contributed by atoms with van der Waals surface area (Å²) in [6, 6.07) is 28.7. The highest BCUT2D eigenvalue weighted by atomic mass is 16.5. The van der Waals surface area contributed by atoms with Gasteiger partial charge in [0.25, 0.3) is 0 Å². The molecule has 4 rings (SSSR count). The molecular formula is C26H29NO3. The first-order valence-electron chi connectivity index (χ1n) is 10.5. The number of aliphatic hydroxyl groups excluding tert-OH is 1. The molecular weight excluding hydrogens is 374 g/mol. The van der Waals surface area contributed by atoms with E-state index < -0.39 is 6.10 Å². The van der Waals surface area contributed by atoms with Gasteiger partial charge < -0.3 is 19.9 Å². The maximum atomic E-state index is 10.9. The minimum absolute atomic E-state index is 0.0659. The van der Waals surface area contributed by atoms with Crippen LogP contribution >= 0.6 is 0 Å². The third-order valence-electron chi connectivity index (χ3n) is 5.84. The molecule has 0 amide bonds. The van der Waals surface area contributed by atoms with Gasteiger partial charge in [-0.15, -0.1) is 0 Å². The van der Waals surface area contributed by atoms with Gasteiger partial charge >= 0.3 is 0 Å². The van der Waals surface area contributed by atoms with Crippen LogP contribution in [0.5, 0.6) is 5.75 Å². The molecule has 0 aromatic heterocycles. The van der Waals surface area contributed by atoms with E-state index in [2.05, 4.69) is 53.8 Å². The van der Waals surface area contributed by atoms with Gasteiger partial charge in [0.2, 0.25) is 0 Å². The van der Waals surface area contributed by atoms with E-state index in [1.54, 1.807) is 7.11 Å². The summed E-state index contributed by atoms with van der Waals surface area (Å²) in [5.74, 6) is 0.945. The Bertz CT molecular complexity index is 859. The number of hydrogen-bond donors (Lipinski definition) is 2. The standard InChI is InChI=1S/C26H29NO3/c1-29-22-14-12-19(13-15-22)17-27-23-18-30-25(16-24(23)28)26(20-8-4-2-5-9-20)21-10-6-3-7-11-21/h2-15,23-28H,16-18H2,1H3/t23-,24?,25+/m0/s1. The van der Waals surface area contributed by atoms with Crippen LogP contribution in [0.2, 0.25) is 0 Å². The molecule has 0 bridgehead atoms. The van der Waals surface area contributed by atoms with Crippen molar-refractivity contribution in [2.45, 2.75) is 37.1 Å². The molecule has 30 heavy (non-hydrogen) atoms. The lowest BCUT2D eigenvalue weighted by Gasteiger charge is -2.38. The van der Waals surface area contributed by atoms with Gasteiger partial charge in [0, 0.05) is 18.9 Å². The van der Waals surface area contributed by atoms with Gasteiger partial charge in [-0.25, -0.2) is 0 Å². The van der Waals surface area contributed by atoms with Crippen LogP contribution in [-0.2, 0) is 11.3 Å². The van der Waals surface area contributed by atoms with Gasteiger partial charge in [0.1, 0.15) is 5.75 Å². The van der Waals surface area contributed by atoms with Crippen molar-refractivity contribution in [2.75, 3.05) is 13.7 Å². The van der Waals surface area contributed by atoms with Crippen LogP contribution in [0, 0.1) is 0 Å². The Morgan fingerprint density at radius 2 is 1.53 bits per heavy atom. The Kier molecular flexibility index (Phi) is 6.80. The first-order chi connectivity index (χ1) is 14.7. The predicted octanol–water partition coefficient (Wildman–Crippen LogP) is 4.14. The Balaban J connectivity index is 1.42. The van der Waals surface area contributed by atoms with Crippen molar-refractivity contribution in [2.24, 2.45) is 0 Å².